The third-order valence-electron chi connectivity index (χ3n) is 3.50. The maximum absolute atomic E-state index is 12.2. The van der Waals surface area contributed by atoms with Crippen LogP contribution in [-0.4, -0.2) is 10.8 Å². The smallest absolute Gasteiger partial charge is 0.218 e. The van der Waals surface area contributed by atoms with Gasteiger partial charge in [0.25, 0.3) is 0 Å². The Morgan fingerprint density at radius 1 is 1.04 bits per heavy atom. The molecule has 3 rings (SSSR count). The summed E-state index contributed by atoms with van der Waals surface area (Å²) in [5.74, 6) is 1.10. The second-order valence-electron chi connectivity index (χ2n) is 5.37. The van der Waals surface area contributed by atoms with Gasteiger partial charge in [0, 0.05) is 11.6 Å². The van der Waals surface area contributed by atoms with E-state index >= 15 is 0 Å². The molecule has 0 aliphatic carbocycles. The molecule has 0 saturated heterocycles. The molecule has 114 valence electrons. The highest BCUT2D eigenvalue weighted by Crippen LogP contribution is 2.12. The first-order chi connectivity index (χ1) is 11.2. The Labute approximate surface area is 135 Å². The van der Waals surface area contributed by atoms with Crippen LogP contribution in [0.5, 0.6) is 0 Å². The average molecular weight is 303 g/mol. The van der Waals surface area contributed by atoms with Crippen LogP contribution in [0.2, 0.25) is 0 Å². The van der Waals surface area contributed by atoms with Crippen molar-refractivity contribution in [1.29, 1.82) is 0 Å². The van der Waals surface area contributed by atoms with Crippen molar-refractivity contribution in [3.05, 3.63) is 89.1 Å². The summed E-state index contributed by atoms with van der Waals surface area (Å²) < 4.78 is 5.60. The molecule has 0 amide bonds. The zero-order valence-corrected chi connectivity index (χ0v) is 12.9. The van der Waals surface area contributed by atoms with Gasteiger partial charge in [-0.1, -0.05) is 60.2 Å². The van der Waals surface area contributed by atoms with Crippen molar-refractivity contribution in [2.45, 2.75) is 13.3 Å². The number of aromatic nitrogens is 1. The average Bonchev–Trinajstić information content (AvgIpc) is 3.02. The van der Waals surface area contributed by atoms with Crippen molar-refractivity contribution in [2.24, 2.45) is 0 Å². The van der Waals surface area contributed by atoms with Gasteiger partial charge < -0.3 is 4.42 Å². The number of ketones is 1. The lowest BCUT2D eigenvalue weighted by atomic mass is 10.1. The number of benzene rings is 2. The van der Waals surface area contributed by atoms with Gasteiger partial charge in [-0.3, -0.25) is 4.79 Å². The van der Waals surface area contributed by atoms with Gasteiger partial charge in [-0.25, -0.2) is 4.98 Å². The molecule has 0 aliphatic rings. The summed E-state index contributed by atoms with van der Waals surface area (Å²) in [5, 5.41) is 0. The van der Waals surface area contributed by atoms with Gasteiger partial charge in [0.2, 0.25) is 5.89 Å². The van der Waals surface area contributed by atoms with Crippen LogP contribution >= 0.6 is 0 Å². The standard InChI is InChI=1S/C20H17NO2/c1-15-7-10-17(11-8-15)19(22)13-18-14-21-20(23-18)12-9-16-5-3-2-4-6-16/h2-12,14H,13H2,1H3. The number of carbonyl (C=O) groups excluding carboxylic acids is 1. The molecule has 0 saturated carbocycles. The Hall–Kier alpha value is -2.94. The molecule has 3 heteroatoms. The van der Waals surface area contributed by atoms with E-state index in [4.69, 9.17) is 4.42 Å². The van der Waals surface area contributed by atoms with Crippen molar-refractivity contribution in [2.75, 3.05) is 0 Å². The van der Waals surface area contributed by atoms with E-state index in [0.717, 1.165) is 11.1 Å². The molecule has 0 N–H and O–H groups in total. The van der Waals surface area contributed by atoms with E-state index in [1.165, 1.54) is 0 Å². The first-order valence-electron chi connectivity index (χ1n) is 7.48. The second-order valence-corrected chi connectivity index (χ2v) is 5.37. The molecule has 3 aromatic rings. The molecular formula is C20H17NO2. The largest absolute Gasteiger partial charge is 0.441 e. The molecule has 1 aromatic heterocycles. The van der Waals surface area contributed by atoms with Crippen molar-refractivity contribution in [1.82, 2.24) is 4.98 Å². The van der Waals surface area contributed by atoms with E-state index in [-0.39, 0.29) is 12.2 Å². The summed E-state index contributed by atoms with van der Waals surface area (Å²) in [6.07, 6.45) is 5.55. The van der Waals surface area contributed by atoms with E-state index in [9.17, 15) is 4.79 Å². The number of rotatable bonds is 5. The van der Waals surface area contributed by atoms with E-state index in [1.54, 1.807) is 12.3 Å². The molecule has 0 spiro atoms. The van der Waals surface area contributed by atoms with E-state index in [0.29, 0.717) is 17.2 Å². The molecule has 2 aromatic carbocycles. The summed E-state index contributed by atoms with van der Waals surface area (Å²) in [7, 11) is 0. The van der Waals surface area contributed by atoms with E-state index in [1.807, 2.05) is 67.6 Å². The molecule has 0 fully saturated rings. The molecule has 1 heterocycles. The first-order valence-corrected chi connectivity index (χ1v) is 7.48. The van der Waals surface area contributed by atoms with Crippen LogP contribution in [0.3, 0.4) is 0 Å². The molecule has 0 aliphatic heterocycles. The lowest BCUT2D eigenvalue weighted by molar-refractivity contribution is 0.0987. The maximum Gasteiger partial charge on any atom is 0.218 e. The maximum atomic E-state index is 12.2. The monoisotopic (exact) mass is 303 g/mol. The van der Waals surface area contributed by atoms with Crippen LogP contribution < -0.4 is 0 Å². The first kappa shape index (κ1) is 15.0. The van der Waals surface area contributed by atoms with Crippen molar-refractivity contribution < 1.29 is 9.21 Å². The Kier molecular flexibility index (Phi) is 4.48. The SMILES string of the molecule is Cc1ccc(C(=O)Cc2cnc(C=Cc3ccccc3)o2)cc1. The van der Waals surface area contributed by atoms with E-state index < -0.39 is 0 Å². The van der Waals surface area contributed by atoms with Crippen LogP contribution in [0.25, 0.3) is 12.2 Å². The number of hydrogen-bond donors (Lipinski definition) is 0. The summed E-state index contributed by atoms with van der Waals surface area (Å²) in [6.45, 7) is 2.00. The molecule has 0 radical (unpaired) electrons. The minimum absolute atomic E-state index is 0.0275. The quantitative estimate of drug-likeness (QED) is 0.648. The van der Waals surface area contributed by atoms with Crippen LogP contribution in [0.4, 0.5) is 0 Å². The highest BCUT2D eigenvalue weighted by atomic mass is 16.4. The van der Waals surface area contributed by atoms with Crippen LogP contribution in [0.1, 0.15) is 33.1 Å². The summed E-state index contributed by atoms with van der Waals surface area (Å²) in [4.78, 5) is 16.4. The fraction of sp³-hybridized carbons (Fsp3) is 0.100. The second kappa shape index (κ2) is 6.88. The number of oxazole rings is 1. The Balaban J connectivity index is 1.66. The number of hydrogen-bond acceptors (Lipinski definition) is 3. The Bertz CT molecular complexity index is 814. The van der Waals surface area contributed by atoms with Gasteiger partial charge in [-0.05, 0) is 18.6 Å². The predicted molar refractivity (Wildman–Crippen MR) is 91.1 cm³/mol. The molecule has 3 nitrogen and oxygen atoms in total. The van der Waals surface area contributed by atoms with Gasteiger partial charge in [0.15, 0.2) is 5.78 Å². The van der Waals surface area contributed by atoms with Gasteiger partial charge in [0.05, 0.1) is 12.6 Å². The zero-order valence-electron chi connectivity index (χ0n) is 12.9. The predicted octanol–water partition coefficient (Wildman–Crippen LogP) is 4.58. The highest BCUT2D eigenvalue weighted by Gasteiger charge is 2.10. The lowest BCUT2D eigenvalue weighted by Crippen LogP contribution is -2.02. The topological polar surface area (TPSA) is 43.1 Å². The van der Waals surface area contributed by atoms with Crippen LogP contribution in [-0.2, 0) is 6.42 Å². The Morgan fingerprint density at radius 3 is 2.52 bits per heavy atom. The number of nitrogens with zero attached hydrogens (tertiary/aromatic N) is 1. The van der Waals surface area contributed by atoms with Crippen LogP contribution in [0.15, 0.2) is 65.2 Å². The van der Waals surface area contributed by atoms with Gasteiger partial charge in [0.1, 0.15) is 5.76 Å². The van der Waals surface area contributed by atoms with Gasteiger partial charge >= 0.3 is 0 Å². The number of aryl methyl sites for hydroxylation is 1. The number of Topliss-reactive ketones (excluding diaryl/α,β-unsaturated/α-hetero) is 1. The third kappa shape index (κ3) is 4.04. The molecule has 0 unspecified atom stereocenters. The summed E-state index contributed by atoms with van der Waals surface area (Å²) in [6, 6.07) is 17.5. The van der Waals surface area contributed by atoms with Crippen LogP contribution in [0, 0.1) is 6.92 Å². The zero-order chi connectivity index (χ0) is 16.1. The lowest BCUT2D eigenvalue weighted by Gasteiger charge is -1.99. The van der Waals surface area contributed by atoms with Gasteiger partial charge in [-0.15, -0.1) is 0 Å². The molecule has 0 bridgehead atoms. The van der Waals surface area contributed by atoms with Crippen molar-refractivity contribution >= 4 is 17.9 Å². The fourth-order valence-electron chi connectivity index (χ4n) is 2.21. The molecule has 0 atom stereocenters. The Morgan fingerprint density at radius 2 is 1.78 bits per heavy atom. The van der Waals surface area contributed by atoms with E-state index in [2.05, 4.69) is 4.98 Å². The third-order valence-corrected chi connectivity index (χ3v) is 3.50. The van der Waals surface area contributed by atoms with Crippen molar-refractivity contribution in [3.8, 4) is 0 Å². The van der Waals surface area contributed by atoms with Gasteiger partial charge in [-0.2, -0.15) is 0 Å². The molecule has 23 heavy (non-hydrogen) atoms. The minimum atomic E-state index is 0.0275. The minimum Gasteiger partial charge on any atom is -0.441 e. The molecular weight excluding hydrogens is 286 g/mol. The number of carbonyl (C=O) groups is 1. The van der Waals surface area contributed by atoms with Crippen molar-refractivity contribution in [3.63, 3.8) is 0 Å². The fourth-order valence-corrected chi connectivity index (χ4v) is 2.21. The normalized spacial score (nSPS) is 11.0. The summed E-state index contributed by atoms with van der Waals surface area (Å²) >= 11 is 0. The summed E-state index contributed by atoms with van der Waals surface area (Å²) in [5.41, 5.74) is 2.89. The highest BCUT2D eigenvalue weighted by molar-refractivity contribution is 5.97.